The molecule has 28 heavy (non-hydrogen) atoms. The first-order chi connectivity index (χ1) is 12.9. The maximum atomic E-state index is 13.1. The minimum Gasteiger partial charge on any atom is -0.343 e. The molecule has 12 heteroatoms. The molecule has 0 spiro atoms. The average molecular weight is 465 g/mol. The molecule has 0 aromatic carbocycles. The Labute approximate surface area is 167 Å². The van der Waals surface area contributed by atoms with Gasteiger partial charge in [0.2, 0.25) is 5.91 Å². The van der Waals surface area contributed by atoms with Crippen LogP contribution in [0.3, 0.4) is 0 Å². The molecule has 154 valence electrons. The molecule has 2 rings (SSSR count). The molecule has 2 aromatic heterocycles. The SMILES string of the molecule is CCn1ncc(NC(=O)C(C)n2nc(C(F)(F)F)c(Br)c2C)c1C(=O)N(C)C. The lowest BCUT2D eigenvalue weighted by molar-refractivity contribution is -0.142. The van der Waals surface area contributed by atoms with Gasteiger partial charge in [-0.25, -0.2) is 0 Å². The van der Waals surface area contributed by atoms with E-state index in [0.717, 1.165) is 4.68 Å². The number of hydrogen-bond donors (Lipinski definition) is 1. The van der Waals surface area contributed by atoms with E-state index in [0.29, 0.717) is 6.54 Å². The predicted octanol–water partition coefficient (Wildman–Crippen LogP) is 3.09. The van der Waals surface area contributed by atoms with E-state index in [2.05, 4.69) is 31.4 Å². The lowest BCUT2D eigenvalue weighted by Crippen LogP contribution is -2.29. The molecule has 2 amide bonds. The van der Waals surface area contributed by atoms with Crippen molar-refractivity contribution in [2.45, 2.75) is 39.5 Å². The van der Waals surface area contributed by atoms with Gasteiger partial charge in [-0.15, -0.1) is 0 Å². The van der Waals surface area contributed by atoms with Crippen LogP contribution in [-0.4, -0.2) is 50.4 Å². The van der Waals surface area contributed by atoms with Gasteiger partial charge in [0.05, 0.1) is 22.1 Å². The van der Waals surface area contributed by atoms with Crippen molar-refractivity contribution < 1.29 is 22.8 Å². The number of hydrogen-bond acceptors (Lipinski definition) is 4. The fraction of sp³-hybridized carbons (Fsp3) is 0.500. The van der Waals surface area contributed by atoms with E-state index < -0.39 is 23.8 Å². The van der Waals surface area contributed by atoms with Crippen LogP contribution < -0.4 is 5.32 Å². The molecule has 0 bridgehead atoms. The first-order valence-electron chi connectivity index (χ1n) is 8.30. The van der Waals surface area contributed by atoms with E-state index in [9.17, 15) is 22.8 Å². The molecule has 0 saturated heterocycles. The van der Waals surface area contributed by atoms with E-state index in [1.54, 1.807) is 21.0 Å². The van der Waals surface area contributed by atoms with Crippen molar-refractivity contribution in [2.75, 3.05) is 19.4 Å². The van der Waals surface area contributed by atoms with E-state index in [4.69, 9.17) is 0 Å². The third-order valence-electron chi connectivity index (χ3n) is 4.10. The van der Waals surface area contributed by atoms with Crippen LogP contribution in [-0.2, 0) is 17.5 Å². The zero-order chi connectivity index (χ0) is 21.4. The number of nitrogens with one attached hydrogen (secondary N) is 1. The number of nitrogens with zero attached hydrogens (tertiary/aromatic N) is 5. The summed E-state index contributed by atoms with van der Waals surface area (Å²) in [6.07, 6.45) is -3.32. The summed E-state index contributed by atoms with van der Waals surface area (Å²) in [5, 5.41) is 10.2. The van der Waals surface area contributed by atoms with Crippen LogP contribution in [0.15, 0.2) is 10.7 Å². The molecule has 0 aliphatic carbocycles. The second-order valence-corrected chi connectivity index (χ2v) is 7.07. The summed E-state index contributed by atoms with van der Waals surface area (Å²) in [5.74, 6) is -0.991. The normalized spacial score (nSPS) is 12.8. The molecule has 2 heterocycles. The number of carbonyl (C=O) groups excluding carboxylic acids is 2. The maximum Gasteiger partial charge on any atom is 0.436 e. The van der Waals surface area contributed by atoms with Gasteiger partial charge >= 0.3 is 6.18 Å². The highest BCUT2D eigenvalue weighted by Crippen LogP contribution is 2.36. The van der Waals surface area contributed by atoms with Crippen LogP contribution in [0.2, 0.25) is 0 Å². The number of carbonyl (C=O) groups is 2. The summed E-state index contributed by atoms with van der Waals surface area (Å²) in [7, 11) is 3.12. The molecule has 2 aromatic rings. The summed E-state index contributed by atoms with van der Waals surface area (Å²) in [4.78, 5) is 26.4. The molecule has 0 fully saturated rings. The summed E-state index contributed by atoms with van der Waals surface area (Å²) in [5.41, 5.74) is -0.588. The van der Waals surface area contributed by atoms with Crippen molar-refractivity contribution in [1.82, 2.24) is 24.5 Å². The Balaban J connectivity index is 2.35. The highest BCUT2D eigenvalue weighted by atomic mass is 79.9. The summed E-state index contributed by atoms with van der Waals surface area (Å²) < 4.78 is 41.4. The van der Waals surface area contributed by atoms with Gasteiger partial charge in [0.1, 0.15) is 11.7 Å². The van der Waals surface area contributed by atoms with E-state index >= 15 is 0 Å². The Morgan fingerprint density at radius 2 is 1.96 bits per heavy atom. The Hall–Kier alpha value is -2.37. The van der Waals surface area contributed by atoms with Crippen molar-refractivity contribution in [3.63, 3.8) is 0 Å². The monoisotopic (exact) mass is 464 g/mol. The molecule has 0 aliphatic heterocycles. The van der Waals surface area contributed by atoms with Crippen LogP contribution in [0.1, 0.15) is 41.8 Å². The molecular weight excluding hydrogens is 445 g/mol. The fourth-order valence-electron chi connectivity index (χ4n) is 2.56. The largest absolute Gasteiger partial charge is 0.436 e. The minimum atomic E-state index is -4.65. The molecule has 1 N–H and O–H groups in total. The molecule has 8 nitrogen and oxygen atoms in total. The first-order valence-corrected chi connectivity index (χ1v) is 9.09. The van der Waals surface area contributed by atoms with Gasteiger partial charge in [-0.2, -0.15) is 23.4 Å². The fourth-order valence-corrected chi connectivity index (χ4v) is 3.04. The van der Waals surface area contributed by atoms with Crippen LogP contribution >= 0.6 is 15.9 Å². The number of aryl methyl sites for hydroxylation is 1. The standard InChI is InChI=1S/C16H20BrF3N6O2/c1-6-25-12(15(28)24(4)5)10(7-21-25)22-14(27)9(3)26-8(2)11(17)13(23-26)16(18,19)20/h7,9H,6H2,1-5H3,(H,22,27). The molecule has 0 saturated carbocycles. The zero-order valence-corrected chi connectivity index (χ0v) is 17.5. The lowest BCUT2D eigenvalue weighted by Gasteiger charge is -2.16. The Bertz CT molecular complexity index is 903. The first kappa shape index (κ1) is 21.9. The molecule has 0 radical (unpaired) electrons. The van der Waals surface area contributed by atoms with Gasteiger partial charge in [-0.3, -0.25) is 19.0 Å². The van der Waals surface area contributed by atoms with Gasteiger partial charge in [-0.1, -0.05) is 0 Å². The third-order valence-corrected chi connectivity index (χ3v) is 5.05. The summed E-state index contributed by atoms with van der Waals surface area (Å²) >= 11 is 2.88. The third kappa shape index (κ3) is 4.05. The lowest BCUT2D eigenvalue weighted by atomic mass is 10.2. The summed E-state index contributed by atoms with van der Waals surface area (Å²) in [6, 6.07) is -1.06. The van der Waals surface area contributed by atoms with E-state index in [1.165, 1.54) is 29.6 Å². The van der Waals surface area contributed by atoms with E-state index in [1.807, 2.05) is 0 Å². The van der Waals surface area contributed by atoms with Crippen molar-refractivity contribution >= 4 is 33.4 Å². The maximum absolute atomic E-state index is 13.1. The second kappa shape index (κ2) is 7.94. The summed E-state index contributed by atoms with van der Waals surface area (Å²) in [6.45, 7) is 5.03. The van der Waals surface area contributed by atoms with Crippen LogP contribution in [0.4, 0.5) is 18.9 Å². The van der Waals surface area contributed by atoms with Gasteiger partial charge in [0.25, 0.3) is 5.91 Å². The molecule has 1 atom stereocenters. The smallest absolute Gasteiger partial charge is 0.343 e. The Morgan fingerprint density at radius 1 is 1.36 bits per heavy atom. The topological polar surface area (TPSA) is 85.0 Å². The predicted molar refractivity (Wildman–Crippen MR) is 98.9 cm³/mol. The number of alkyl halides is 3. The average Bonchev–Trinajstić information content (AvgIpc) is 3.14. The van der Waals surface area contributed by atoms with Crippen LogP contribution in [0.5, 0.6) is 0 Å². The van der Waals surface area contributed by atoms with Gasteiger partial charge < -0.3 is 10.2 Å². The minimum absolute atomic E-state index is 0.156. The number of rotatable bonds is 5. The zero-order valence-electron chi connectivity index (χ0n) is 15.9. The van der Waals surface area contributed by atoms with Gasteiger partial charge in [-0.05, 0) is 36.7 Å². The van der Waals surface area contributed by atoms with Crippen molar-refractivity contribution in [3.8, 4) is 0 Å². The Kier molecular flexibility index (Phi) is 6.21. The number of anilines is 1. The number of halogens is 4. The van der Waals surface area contributed by atoms with Gasteiger partial charge in [0, 0.05) is 20.6 Å². The second-order valence-electron chi connectivity index (χ2n) is 6.28. The van der Waals surface area contributed by atoms with E-state index in [-0.39, 0.29) is 27.5 Å². The highest BCUT2D eigenvalue weighted by molar-refractivity contribution is 9.10. The van der Waals surface area contributed by atoms with Gasteiger partial charge in [0.15, 0.2) is 5.69 Å². The molecule has 1 unspecified atom stereocenters. The quantitative estimate of drug-likeness (QED) is 0.736. The highest BCUT2D eigenvalue weighted by Gasteiger charge is 2.39. The van der Waals surface area contributed by atoms with Crippen LogP contribution in [0, 0.1) is 6.92 Å². The number of amides is 2. The number of aromatic nitrogens is 4. The van der Waals surface area contributed by atoms with Crippen molar-refractivity contribution in [2.24, 2.45) is 0 Å². The molecule has 0 aliphatic rings. The Morgan fingerprint density at radius 3 is 2.43 bits per heavy atom. The van der Waals surface area contributed by atoms with Crippen molar-refractivity contribution in [3.05, 3.63) is 27.8 Å². The van der Waals surface area contributed by atoms with Crippen LogP contribution in [0.25, 0.3) is 0 Å². The van der Waals surface area contributed by atoms with Crippen molar-refractivity contribution in [1.29, 1.82) is 0 Å². The molecular formula is C16H20BrF3N6O2.